The number of H-pyrrole nitrogens is 1. The predicted octanol–water partition coefficient (Wildman–Crippen LogP) is 3.54. The van der Waals surface area contributed by atoms with Crippen LogP contribution in [0, 0.1) is 6.92 Å². The maximum atomic E-state index is 11.8. The lowest BCUT2D eigenvalue weighted by Crippen LogP contribution is -2.14. The molecule has 0 amide bonds. The first-order valence-corrected chi connectivity index (χ1v) is 8.11. The molecule has 1 aliphatic carbocycles. The van der Waals surface area contributed by atoms with E-state index >= 15 is 0 Å². The fourth-order valence-corrected chi connectivity index (χ4v) is 3.90. The summed E-state index contributed by atoms with van der Waals surface area (Å²) in [6, 6.07) is 0. The molecule has 0 unspecified atom stereocenters. The standard InChI is InChI=1S/C16H19N3OS/c1-3-6-12-10(2)13-14(21-12)15(19-16(20)18-13)17-9-11-7-4-5-8-11/h4-5,7H,3,6,8-9H2,1-2H3,(H2,17,18,19,20). The lowest BCUT2D eigenvalue weighted by Gasteiger charge is -2.06. The van der Waals surface area contributed by atoms with Gasteiger partial charge in [0, 0.05) is 11.4 Å². The molecule has 110 valence electrons. The van der Waals surface area contributed by atoms with Gasteiger partial charge in [0.05, 0.1) is 10.2 Å². The second-order valence-electron chi connectivity index (χ2n) is 5.31. The first-order valence-electron chi connectivity index (χ1n) is 7.29. The first kappa shape index (κ1) is 14.1. The van der Waals surface area contributed by atoms with Gasteiger partial charge in [-0.15, -0.1) is 11.3 Å². The van der Waals surface area contributed by atoms with Crippen LogP contribution in [-0.4, -0.2) is 16.5 Å². The third kappa shape index (κ3) is 2.78. The van der Waals surface area contributed by atoms with Crippen molar-refractivity contribution >= 4 is 27.4 Å². The van der Waals surface area contributed by atoms with Crippen LogP contribution in [0.15, 0.2) is 28.6 Å². The van der Waals surface area contributed by atoms with Crippen molar-refractivity contribution in [2.75, 3.05) is 11.9 Å². The van der Waals surface area contributed by atoms with Gasteiger partial charge in [0.2, 0.25) is 0 Å². The highest BCUT2D eigenvalue weighted by atomic mass is 32.1. The molecule has 4 nitrogen and oxygen atoms in total. The first-order chi connectivity index (χ1) is 10.2. The topological polar surface area (TPSA) is 57.8 Å². The molecule has 0 aromatic carbocycles. The second kappa shape index (κ2) is 5.85. The monoisotopic (exact) mass is 301 g/mol. The van der Waals surface area contributed by atoms with E-state index in [0.717, 1.165) is 36.0 Å². The highest BCUT2D eigenvalue weighted by Crippen LogP contribution is 2.33. The fourth-order valence-electron chi connectivity index (χ4n) is 2.57. The van der Waals surface area contributed by atoms with Crippen LogP contribution in [0.4, 0.5) is 5.82 Å². The molecule has 1 aliphatic rings. The lowest BCUT2D eigenvalue weighted by molar-refractivity contribution is 0.933. The van der Waals surface area contributed by atoms with Crippen molar-refractivity contribution in [1.82, 2.24) is 9.97 Å². The number of fused-ring (bicyclic) bond motifs is 1. The van der Waals surface area contributed by atoms with Crippen molar-refractivity contribution in [1.29, 1.82) is 0 Å². The largest absolute Gasteiger partial charge is 0.365 e. The number of nitrogens with one attached hydrogen (secondary N) is 2. The van der Waals surface area contributed by atoms with Crippen LogP contribution >= 0.6 is 11.3 Å². The van der Waals surface area contributed by atoms with E-state index in [0.29, 0.717) is 5.82 Å². The highest BCUT2D eigenvalue weighted by molar-refractivity contribution is 7.19. The summed E-state index contributed by atoms with van der Waals surface area (Å²) in [4.78, 5) is 20.1. The van der Waals surface area contributed by atoms with Gasteiger partial charge in [0.15, 0.2) is 5.82 Å². The summed E-state index contributed by atoms with van der Waals surface area (Å²) in [6.45, 7) is 4.98. The smallest absolute Gasteiger partial charge is 0.347 e. The number of allylic oxidation sites excluding steroid dienone is 3. The number of thiophene rings is 1. The van der Waals surface area contributed by atoms with Gasteiger partial charge in [0.25, 0.3) is 0 Å². The number of aromatic nitrogens is 2. The maximum Gasteiger partial charge on any atom is 0.347 e. The third-order valence-corrected chi connectivity index (χ3v) is 5.07. The Bertz CT molecular complexity index is 783. The molecule has 3 rings (SSSR count). The van der Waals surface area contributed by atoms with Crippen molar-refractivity contribution in [3.05, 3.63) is 44.7 Å². The Labute approximate surface area is 127 Å². The van der Waals surface area contributed by atoms with E-state index < -0.39 is 0 Å². The SMILES string of the molecule is CCCc1sc2c(NCC3=CC=CC3)nc(=O)[nH]c2c1C. The molecule has 21 heavy (non-hydrogen) atoms. The number of aryl methyl sites for hydroxylation is 2. The molecule has 5 heteroatoms. The summed E-state index contributed by atoms with van der Waals surface area (Å²) >= 11 is 1.74. The normalized spacial score (nSPS) is 13.9. The zero-order valence-electron chi connectivity index (χ0n) is 12.3. The van der Waals surface area contributed by atoms with E-state index in [4.69, 9.17) is 0 Å². The molecule has 2 N–H and O–H groups in total. The summed E-state index contributed by atoms with van der Waals surface area (Å²) in [5.41, 5.74) is 3.14. The van der Waals surface area contributed by atoms with Gasteiger partial charge in [-0.3, -0.25) is 0 Å². The van der Waals surface area contributed by atoms with E-state index in [2.05, 4.69) is 47.4 Å². The number of rotatable bonds is 5. The quantitative estimate of drug-likeness (QED) is 0.888. The van der Waals surface area contributed by atoms with Crippen LogP contribution in [0.2, 0.25) is 0 Å². The molecular formula is C16H19N3OS. The summed E-state index contributed by atoms with van der Waals surface area (Å²) in [7, 11) is 0. The van der Waals surface area contributed by atoms with Crippen molar-refractivity contribution in [3.8, 4) is 0 Å². The number of anilines is 1. The summed E-state index contributed by atoms with van der Waals surface area (Å²) in [6.07, 6.45) is 9.43. The lowest BCUT2D eigenvalue weighted by atomic mass is 10.2. The van der Waals surface area contributed by atoms with Gasteiger partial charge < -0.3 is 10.3 Å². The fraction of sp³-hybridized carbons (Fsp3) is 0.375. The van der Waals surface area contributed by atoms with Gasteiger partial charge in [-0.1, -0.05) is 31.6 Å². The molecule has 0 saturated carbocycles. The number of aromatic amines is 1. The molecule has 2 aromatic rings. The van der Waals surface area contributed by atoms with Gasteiger partial charge in [-0.05, 0) is 30.9 Å². The molecule has 0 radical (unpaired) electrons. The number of hydrogen-bond acceptors (Lipinski definition) is 4. The molecule has 2 aromatic heterocycles. The number of nitrogens with zero attached hydrogens (tertiary/aromatic N) is 1. The molecule has 2 heterocycles. The Balaban J connectivity index is 1.96. The predicted molar refractivity (Wildman–Crippen MR) is 89.3 cm³/mol. The summed E-state index contributed by atoms with van der Waals surface area (Å²) in [5.74, 6) is 0.706. The van der Waals surface area contributed by atoms with Crippen molar-refractivity contribution < 1.29 is 0 Å². The van der Waals surface area contributed by atoms with E-state index in [1.807, 2.05) is 0 Å². The zero-order valence-corrected chi connectivity index (χ0v) is 13.1. The van der Waals surface area contributed by atoms with E-state index in [1.54, 1.807) is 11.3 Å². The Hall–Kier alpha value is -1.88. The van der Waals surface area contributed by atoms with Crippen LogP contribution in [0.5, 0.6) is 0 Å². The minimum Gasteiger partial charge on any atom is -0.365 e. The Morgan fingerprint density at radius 3 is 3.05 bits per heavy atom. The molecule has 0 saturated heterocycles. The summed E-state index contributed by atoms with van der Waals surface area (Å²) in [5, 5.41) is 3.32. The van der Waals surface area contributed by atoms with Crippen molar-refractivity contribution in [3.63, 3.8) is 0 Å². The molecule has 0 bridgehead atoms. The molecule has 0 atom stereocenters. The second-order valence-corrected chi connectivity index (χ2v) is 6.41. The van der Waals surface area contributed by atoms with Crippen molar-refractivity contribution in [2.45, 2.75) is 33.1 Å². The summed E-state index contributed by atoms with van der Waals surface area (Å²) < 4.78 is 1.06. The van der Waals surface area contributed by atoms with E-state index in [1.165, 1.54) is 16.0 Å². The van der Waals surface area contributed by atoms with Crippen molar-refractivity contribution in [2.24, 2.45) is 0 Å². The third-order valence-electron chi connectivity index (χ3n) is 3.71. The van der Waals surface area contributed by atoms with Crippen LogP contribution in [-0.2, 0) is 6.42 Å². The molecule has 0 aliphatic heterocycles. The Morgan fingerprint density at radius 1 is 1.48 bits per heavy atom. The van der Waals surface area contributed by atoms with Gasteiger partial charge in [-0.25, -0.2) is 4.79 Å². The molecular weight excluding hydrogens is 282 g/mol. The van der Waals surface area contributed by atoms with Gasteiger partial charge in [0.1, 0.15) is 0 Å². The number of hydrogen-bond donors (Lipinski definition) is 2. The Kier molecular flexibility index (Phi) is 3.92. The van der Waals surface area contributed by atoms with Crippen LogP contribution in [0.25, 0.3) is 10.2 Å². The average Bonchev–Trinajstić information content (AvgIpc) is 3.07. The Morgan fingerprint density at radius 2 is 2.33 bits per heavy atom. The average molecular weight is 301 g/mol. The van der Waals surface area contributed by atoms with Gasteiger partial charge in [-0.2, -0.15) is 4.98 Å². The van der Waals surface area contributed by atoms with Gasteiger partial charge >= 0.3 is 5.69 Å². The highest BCUT2D eigenvalue weighted by Gasteiger charge is 2.14. The molecule has 0 spiro atoms. The maximum absolute atomic E-state index is 11.8. The van der Waals surface area contributed by atoms with Crippen LogP contribution in [0.1, 0.15) is 30.2 Å². The minimum atomic E-state index is -0.285. The van der Waals surface area contributed by atoms with Crippen LogP contribution < -0.4 is 11.0 Å². The van der Waals surface area contributed by atoms with E-state index in [-0.39, 0.29) is 5.69 Å². The zero-order chi connectivity index (χ0) is 14.8. The van der Waals surface area contributed by atoms with Crippen LogP contribution in [0.3, 0.4) is 0 Å². The van der Waals surface area contributed by atoms with E-state index in [9.17, 15) is 4.79 Å². The minimum absolute atomic E-state index is 0.285. The molecule has 0 fully saturated rings.